The number of aliphatic hydroxyl groups excluding tert-OH is 1. The molecule has 190 valence electrons. The van der Waals surface area contributed by atoms with E-state index in [0.29, 0.717) is 59.4 Å². The minimum Gasteiger partial charge on any atom is -0.493 e. The highest BCUT2D eigenvalue weighted by molar-refractivity contribution is 5.94. The minimum absolute atomic E-state index is 0.233. The summed E-state index contributed by atoms with van der Waals surface area (Å²) in [5.74, 6) is 2.26. The Kier molecular flexibility index (Phi) is 6.81. The van der Waals surface area contributed by atoms with Crippen LogP contribution >= 0.6 is 0 Å². The summed E-state index contributed by atoms with van der Waals surface area (Å²) in [5, 5.41) is 33.1. The molecule has 1 aliphatic heterocycles. The maximum atomic E-state index is 10.1. The van der Waals surface area contributed by atoms with Crippen LogP contribution in [0, 0.1) is 22.7 Å². The van der Waals surface area contributed by atoms with Gasteiger partial charge in [-0.3, -0.25) is 0 Å². The Balaban J connectivity index is 1.57. The predicted octanol–water partition coefficient (Wildman–Crippen LogP) is 4.50. The second-order valence-corrected chi connectivity index (χ2v) is 8.68. The van der Waals surface area contributed by atoms with Crippen molar-refractivity contribution in [1.29, 1.82) is 10.5 Å². The zero-order valence-electron chi connectivity index (χ0n) is 20.8. The SMILES string of the molecule is COc1cc2cc(C#N)ccc2c(OC)c1Oc1cc(N2CCC(O)C2)nc(Nc2ccc(C#N)cc2)n1. The van der Waals surface area contributed by atoms with Crippen molar-refractivity contribution in [3.8, 4) is 35.3 Å². The van der Waals surface area contributed by atoms with Crippen molar-refractivity contribution >= 4 is 28.2 Å². The Morgan fingerprint density at radius 3 is 2.37 bits per heavy atom. The van der Waals surface area contributed by atoms with Crippen LogP contribution in [-0.2, 0) is 0 Å². The average Bonchev–Trinajstić information content (AvgIpc) is 3.39. The molecule has 0 aliphatic carbocycles. The summed E-state index contributed by atoms with van der Waals surface area (Å²) in [4.78, 5) is 11.2. The minimum atomic E-state index is -0.441. The molecule has 1 saturated heterocycles. The van der Waals surface area contributed by atoms with Crippen LogP contribution in [0.1, 0.15) is 17.5 Å². The molecule has 38 heavy (non-hydrogen) atoms. The Morgan fingerprint density at radius 1 is 0.947 bits per heavy atom. The van der Waals surface area contributed by atoms with E-state index >= 15 is 0 Å². The lowest BCUT2D eigenvalue weighted by molar-refractivity contribution is 0.198. The summed E-state index contributed by atoms with van der Waals surface area (Å²) >= 11 is 0. The van der Waals surface area contributed by atoms with Crippen LogP contribution in [0.15, 0.2) is 54.6 Å². The van der Waals surface area contributed by atoms with Gasteiger partial charge < -0.3 is 29.5 Å². The standard InChI is InChI=1S/C28H24N6O4/c1-36-23-12-19-11-18(15-30)5-8-22(19)26(37-2)27(23)38-25-13-24(34-10-9-21(35)16-34)32-28(33-25)31-20-6-3-17(14-29)4-7-20/h3-8,11-13,21,35H,9-10,16H2,1-2H3,(H,31,32,33). The fraction of sp³-hybridized carbons (Fsp3) is 0.214. The topological polar surface area (TPSA) is 137 Å². The molecule has 5 rings (SSSR count). The maximum Gasteiger partial charge on any atom is 0.232 e. The van der Waals surface area contributed by atoms with Gasteiger partial charge in [0.2, 0.25) is 17.6 Å². The molecular formula is C28H24N6O4. The first-order chi connectivity index (χ1) is 18.5. The van der Waals surface area contributed by atoms with E-state index in [0.717, 1.165) is 10.8 Å². The zero-order chi connectivity index (χ0) is 26.6. The van der Waals surface area contributed by atoms with Crippen LogP contribution in [0.25, 0.3) is 10.8 Å². The van der Waals surface area contributed by atoms with E-state index < -0.39 is 6.10 Å². The van der Waals surface area contributed by atoms with E-state index in [9.17, 15) is 10.4 Å². The van der Waals surface area contributed by atoms with Crippen molar-refractivity contribution in [2.24, 2.45) is 0 Å². The molecule has 1 atom stereocenters. The number of aromatic nitrogens is 2. The number of nitrogens with one attached hydrogen (secondary N) is 1. The third-order valence-electron chi connectivity index (χ3n) is 6.22. The van der Waals surface area contributed by atoms with Crippen LogP contribution in [0.2, 0.25) is 0 Å². The van der Waals surface area contributed by atoms with E-state index in [1.54, 1.807) is 54.6 Å². The van der Waals surface area contributed by atoms with Gasteiger partial charge in [-0.15, -0.1) is 0 Å². The average molecular weight is 509 g/mol. The predicted molar refractivity (Wildman–Crippen MR) is 141 cm³/mol. The molecule has 1 fully saturated rings. The number of β-amino-alcohol motifs (C(OH)–C–C–N with tert-alkyl or cyclic N) is 1. The molecule has 1 aromatic heterocycles. The maximum absolute atomic E-state index is 10.1. The molecule has 0 radical (unpaired) electrons. The summed E-state index contributed by atoms with van der Waals surface area (Å²) in [6.45, 7) is 1.08. The second-order valence-electron chi connectivity index (χ2n) is 8.68. The van der Waals surface area contributed by atoms with Crippen LogP contribution in [-0.4, -0.2) is 48.5 Å². The number of nitriles is 2. The number of hydrogen-bond acceptors (Lipinski definition) is 10. The van der Waals surface area contributed by atoms with Crippen molar-refractivity contribution < 1.29 is 19.3 Å². The normalized spacial score (nSPS) is 14.6. The molecular weight excluding hydrogens is 484 g/mol. The number of benzene rings is 3. The number of hydrogen-bond donors (Lipinski definition) is 2. The van der Waals surface area contributed by atoms with E-state index in [1.807, 2.05) is 4.90 Å². The van der Waals surface area contributed by atoms with Gasteiger partial charge >= 0.3 is 0 Å². The van der Waals surface area contributed by atoms with Crippen molar-refractivity contribution in [3.05, 3.63) is 65.7 Å². The fourth-order valence-corrected chi connectivity index (χ4v) is 4.35. The third kappa shape index (κ3) is 4.94. The third-order valence-corrected chi connectivity index (χ3v) is 6.22. The Hall–Kier alpha value is -5.06. The van der Waals surface area contributed by atoms with E-state index in [1.165, 1.54) is 14.2 Å². The van der Waals surface area contributed by atoms with Crippen LogP contribution < -0.4 is 24.4 Å². The smallest absolute Gasteiger partial charge is 0.232 e. The number of rotatable bonds is 7. The quantitative estimate of drug-likeness (QED) is 0.367. The number of nitrogens with zero attached hydrogens (tertiary/aromatic N) is 5. The molecule has 2 heterocycles. The van der Waals surface area contributed by atoms with Gasteiger partial charge in [-0.1, -0.05) is 0 Å². The molecule has 4 aromatic rings. The summed E-state index contributed by atoms with van der Waals surface area (Å²) < 4.78 is 17.6. The van der Waals surface area contributed by atoms with Crippen molar-refractivity contribution in [3.63, 3.8) is 0 Å². The fourth-order valence-electron chi connectivity index (χ4n) is 4.35. The van der Waals surface area contributed by atoms with Crippen LogP contribution in [0.3, 0.4) is 0 Å². The van der Waals surface area contributed by atoms with Crippen molar-refractivity contribution in [1.82, 2.24) is 9.97 Å². The summed E-state index contributed by atoms with van der Waals surface area (Å²) in [6, 6.07) is 19.9. The molecule has 0 saturated carbocycles. The Labute approximate surface area is 219 Å². The Morgan fingerprint density at radius 2 is 1.71 bits per heavy atom. The number of aliphatic hydroxyl groups is 1. The molecule has 0 amide bonds. The summed E-state index contributed by atoms with van der Waals surface area (Å²) in [7, 11) is 3.06. The molecule has 0 spiro atoms. The summed E-state index contributed by atoms with van der Waals surface area (Å²) in [6.07, 6.45) is 0.193. The molecule has 2 N–H and O–H groups in total. The number of ether oxygens (including phenoxy) is 3. The largest absolute Gasteiger partial charge is 0.493 e. The van der Waals surface area contributed by atoms with Gasteiger partial charge in [0.25, 0.3) is 0 Å². The van der Waals surface area contributed by atoms with Gasteiger partial charge in [-0.2, -0.15) is 20.5 Å². The van der Waals surface area contributed by atoms with Crippen LogP contribution in [0.5, 0.6) is 23.1 Å². The van der Waals surface area contributed by atoms with E-state index in [-0.39, 0.29) is 11.8 Å². The molecule has 3 aromatic carbocycles. The van der Waals surface area contributed by atoms with Gasteiger partial charge in [0.15, 0.2) is 11.5 Å². The van der Waals surface area contributed by atoms with Gasteiger partial charge in [-0.25, -0.2) is 0 Å². The first kappa shape index (κ1) is 24.6. The molecule has 10 nitrogen and oxygen atoms in total. The highest BCUT2D eigenvalue weighted by atomic mass is 16.5. The van der Waals surface area contributed by atoms with Gasteiger partial charge in [-0.05, 0) is 60.3 Å². The highest BCUT2D eigenvalue weighted by Crippen LogP contribution is 2.46. The number of anilines is 3. The first-order valence-electron chi connectivity index (χ1n) is 11.9. The molecule has 0 bridgehead atoms. The van der Waals surface area contributed by atoms with Crippen molar-refractivity contribution in [2.45, 2.75) is 12.5 Å². The van der Waals surface area contributed by atoms with E-state index in [4.69, 9.17) is 19.5 Å². The van der Waals surface area contributed by atoms with Crippen molar-refractivity contribution in [2.75, 3.05) is 37.5 Å². The van der Waals surface area contributed by atoms with Gasteiger partial charge in [0.05, 0.1) is 43.6 Å². The molecule has 10 heteroatoms. The lowest BCUT2D eigenvalue weighted by Crippen LogP contribution is -2.22. The van der Waals surface area contributed by atoms with Gasteiger partial charge in [0, 0.05) is 30.2 Å². The number of methoxy groups -OCH3 is 2. The monoisotopic (exact) mass is 508 g/mol. The summed E-state index contributed by atoms with van der Waals surface area (Å²) in [5.41, 5.74) is 1.75. The first-order valence-corrected chi connectivity index (χ1v) is 11.9. The Bertz CT molecular complexity index is 1580. The zero-order valence-corrected chi connectivity index (χ0v) is 20.8. The lowest BCUT2D eigenvalue weighted by atomic mass is 10.1. The highest BCUT2D eigenvalue weighted by Gasteiger charge is 2.24. The number of fused-ring (bicyclic) bond motifs is 1. The lowest BCUT2D eigenvalue weighted by Gasteiger charge is -2.20. The molecule has 1 unspecified atom stereocenters. The van der Waals surface area contributed by atoms with Gasteiger partial charge in [0.1, 0.15) is 5.82 Å². The van der Waals surface area contributed by atoms with Crippen LogP contribution in [0.4, 0.5) is 17.5 Å². The van der Waals surface area contributed by atoms with E-state index in [2.05, 4.69) is 27.4 Å². The second kappa shape index (κ2) is 10.5. The molecule has 1 aliphatic rings.